The van der Waals surface area contributed by atoms with Crippen LogP contribution in [0.2, 0.25) is 0 Å². The molecule has 1 aromatic carbocycles. The molecule has 1 saturated heterocycles. The van der Waals surface area contributed by atoms with Crippen LogP contribution in [-0.4, -0.2) is 30.4 Å². The molecule has 0 bridgehead atoms. The zero-order valence-corrected chi connectivity index (χ0v) is 16.6. The van der Waals surface area contributed by atoms with Crippen LogP contribution in [-0.2, 0) is 18.9 Å². The van der Waals surface area contributed by atoms with E-state index in [1.807, 2.05) is 11.4 Å². The summed E-state index contributed by atoms with van der Waals surface area (Å²) < 4.78 is 77.7. The lowest BCUT2D eigenvalue weighted by Gasteiger charge is -2.31. The normalized spacial score (nSPS) is 16.6. The largest absolute Gasteiger partial charge is 0.416 e. The first kappa shape index (κ1) is 22.6. The number of benzene rings is 1. The zero-order valence-electron chi connectivity index (χ0n) is 15.8. The summed E-state index contributed by atoms with van der Waals surface area (Å²) in [7, 11) is 0. The van der Waals surface area contributed by atoms with Gasteiger partial charge in [-0.1, -0.05) is 6.07 Å². The molecule has 0 unspecified atom stereocenters. The molecule has 0 spiro atoms. The van der Waals surface area contributed by atoms with Crippen LogP contribution >= 0.6 is 11.3 Å². The highest BCUT2D eigenvalue weighted by Gasteiger charge is 2.37. The number of carbonyl (C=O) groups is 1. The summed E-state index contributed by atoms with van der Waals surface area (Å²) in [5.74, 6) is -0.811. The van der Waals surface area contributed by atoms with Gasteiger partial charge < -0.3 is 5.32 Å². The van der Waals surface area contributed by atoms with Gasteiger partial charge in [0.1, 0.15) is 0 Å². The van der Waals surface area contributed by atoms with Gasteiger partial charge >= 0.3 is 12.4 Å². The third-order valence-corrected chi connectivity index (χ3v) is 5.93. The molecule has 1 aliphatic heterocycles. The van der Waals surface area contributed by atoms with E-state index in [1.54, 1.807) is 11.3 Å². The molecular formula is C20H20F6N2OS. The van der Waals surface area contributed by atoms with E-state index in [4.69, 9.17) is 0 Å². The van der Waals surface area contributed by atoms with Gasteiger partial charge in [-0.2, -0.15) is 26.3 Å². The number of carbonyl (C=O) groups excluding carboxylic acids is 1. The minimum absolute atomic E-state index is 0.0140. The van der Waals surface area contributed by atoms with E-state index in [1.165, 1.54) is 4.88 Å². The second-order valence-electron chi connectivity index (χ2n) is 7.30. The molecular weight excluding hydrogens is 430 g/mol. The van der Waals surface area contributed by atoms with E-state index in [0.29, 0.717) is 12.1 Å². The summed E-state index contributed by atoms with van der Waals surface area (Å²) in [5.41, 5.74) is -3.64. The second kappa shape index (κ2) is 8.97. The predicted octanol–water partition coefficient (Wildman–Crippen LogP) is 5.43. The summed E-state index contributed by atoms with van der Waals surface area (Å²) in [5, 5.41) is 4.51. The fourth-order valence-electron chi connectivity index (χ4n) is 3.40. The maximum atomic E-state index is 12.9. The Morgan fingerprint density at radius 3 is 2.13 bits per heavy atom. The van der Waals surface area contributed by atoms with Crippen LogP contribution in [0.3, 0.4) is 0 Å². The van der Waals surface area contributed by atoms with Gasteiger partial charge in [-0.25, -0.2) is 0 Å². The lowest BCUT2D eigenvalue weighted by atomic mass is 9.96. The van der Waals surface area contributed by atoms with Crippen molar-refractivity contribution in [2.75, 3.05) is 19.6 Å². The number of nitrogens with zero attached hydrogens (tertiary/aromatic N) is 1. The monoisotopic (exact) mass is 450 g/mol. The van der Waals surface area contributed by atoms with Crippen LogP contribution in [0.15, 0.2) is 35.7 Å². The summed E-state index contributed by atoms with van der Waals surface area (Å²) in [4.78, 5) is 15.8. The number of nitrogens with one attached hydrogen (secondary N) is 1. The second-order valence-corrected chi connectivity index (χ2v) is 8.34. The van der Waals surface area contributed by atoms with Crippen molar-refractivity contribution >= 4 is 17.2 Å². The third kappa shape index (κ3) is 5.98. The standard InChI is InChI=1S/C20H20F6N2OS/c21-19(22,23)15-8-14(9-16(10-15)20(24,25)26)18(29)27-11-13-3-5-28(6-4-13)12-17-2-1-7-30-17/h1-2,7-10,13H,3-6,11-12H2,(H,27,29). The number of piperidine rings is 1. The van der Waals surface area contributed by atoms with Gasteiger partial charge in [0.2, 0.25) is 0 Å². The molecule has 2 heterocycles. The van der Waals surface area contributed by atoms with Crippen LogP contribution in [0, 0.1) is 5.92 Å². The Labute approximate surface area is 173 Å². The van der Waals surface area contributed by atoms with Gasteiger partial charge in [0.25, 0.3) is 5.91 Å². The van der Waals surface area contributed by atoms with E-state index >= 15 is 0 Å². The number of halogens is 6. The highest BCUT2D eigenvalue weighted by Crippen LogP contribution is 2.36. The molecule has 3 rings (SSSR count). The van der Waals surface area contributed by atoms with Crippen molar-refractivity contribution in [3.8, 4) is 0 Å². The van der Waals surface area contributed by atoms with Crippen molar-refractivity contribution < 1.29 is 31.1 Å². The molecule has 164 valence electrons. The van der Waals surface area contributed by atoms with E-state index in [9.17, 15) is 31.1 Å². The molecule has 1 amide bonds. The molecule has 0 atom stereocenters. The van der Waals surface area contributed by atoms with E-state index < -0.39 is 35.0 Å². The van der Waals surface area contributed by atoms with Crippen molar-refractivity contribution in [1.29, 1.82) is 0 Å². The number of rotatable bonds is 5. The van der Waals surface area contributed by atoms with Crippen molar-refractivity contribution in [2.24, 2.45) is 5.92 Å². The molecule has 10 heteroatoms. The lowest BCUT2D eigenvalue weighted by molar-refractivity contribution is -0.143. The topological polar surface area (TPSA) is 32.3 Å². The fraction of sp³-hybridized carbons (Fsp3) is 0.450. The summed E-state index contributed by atoms with van der Waals surface area (Å²) in [6.07, 6.45) is -8.37. The Bertz CT molecular complexity index is 823. The fourth-order valence-corrected chi connectivity index (χ4v) is 4.14. The number of alkyl halides is 6. The van der Waals surface area contributed by atoms with E-state index in [-0.39, 0.29) is 18.5 Å². The van der Waals surface area contributed by atoms with Gasteiger partial charge in [0, 0.05) is 23.5 Å². The Balaban J connectivity index is 1.58. The van der Waals surface area contributed by atoms with Crippen LogP contribution in [0.1, 0.15) is 39.2 Å². The van der Waals surface area contributed by atoms with Crippen LogP contribution < -0.4 is 5.32 Å². The first-order valence-electron chi connectivity index (χ1n) is 9.35. The molecule has 1 fully saturated rings. The van der Waals surface area contributed by atoms with E-state index in [0.717, 1.165) is 32.5 Å². The van der Waals surface area contributed by atoms with Gasteiger partial charge in [0.15, 0.2) is 0 Å². The Kier molecular flexibility index (Phi) is 6.76. The molecule has 1 N–H and O–H groups in total. The van der Waals surface area contributed by atoms with Crippen molar-refractivity contribution in [1.82, 2.24) is 10.2 Å². The smallest absolute Gasteiger partial charge is 0.352 e. The molecule has 1 aromatic heterocycles. The Hall–Kier alpha value is -2.07. The number of hydrogen-bond donors (Lipinski definition) is 1. The number of likely N-dealkylation sites (tertiary alicyclic amines) is 1. The van der Waals surface area contributed by atoms with Gasteiger partial charge in [-0.3, -0.25) is 9.69 Å². The van der Waals surface area contributed by atoms with Gasteiger partial charge in [0.05, 0.1) is 11.1 Å². The minimum Gasteiger partial charge on any atom is -0.352 e. The minimum atomic E-state index is -4.98. The van der Waals surface area contributed by atoms with Crippen LogP contribution in [0.25, 0.3) is 0 Å². The van der Waals surface area contributed by atoms with Crippen LogP contribution in [0.4, 0.5) is 26.3 Å². The molecule has 1 aliphatic rings. The number of thiophene rings is 1. The maximum Gasteiger partial charge on any atom is 0.416 e. The van der Waals surface area contributed by atoms with E-state index in [2.05, 4.69) is 16.3 Å². The summed E-state index contributed by atoms with van der Waals surface area (Å²) >= 11 is 1.68. The zero-order chi connectivity index (χ0) is 21.9. The number of hydrogen-bond acceptors (Lipinski definition) is 3. The van der Waals surface area contributed by atoms with Crippen LogP contribution in [0.5, 0.6) is 0 Å². The molecule has 2 aromatic rings. The SMILES string of the molecule is O=C(NCC1CCN(Cc2cccs2)CC1)c1cc(C(F)(F)F)cc(C(F)(F)F)c1. The maximum absolute atomic E-state index is 12.9. The predicted molar refractivity (Wildman–Crippen MR) is 101 cm³/mol. The average molecular weight is 450 g/mol. The average Bonchev–Trinajstić information content (AvgIpc) is 3.18. The Morgan fingerprint density at radius 1 is 1.03 bits per heavy atom. The first-order chi connectivity index (χ1) is 14.0. The Morgan fingerprint density at radius 2 is 1.63 bits per heavy atom. The molecule has 0 aliphatic carbocycles. The third-order valence-electron chi connectivity index (χ3n) is 5.07. The van der Waals surface area contributed by atoms with Crippen molar-refractivity contribution in [2.45, 2.75) is 31.7 Å². The number of amides is 1. The van der Waals surface area contributed by atoms with Gasteiger partial charge in [-0.15, -0.1) is 11.3 Å². The highest BCUT2D eigenvalue weighted by molar-refractivity contribution is 7.09. The quantitative estimate of drug-likeness (QED) is 0.617. The van der Waals surface area contributed by atoms with Crippen molar-refractivity contribution in [3.63, 3.8) is 0 Å². The molecule has 0 saturated carbocycles. The highest BCUT2D eigenvalue weighted by atomic mass is 32.1. The van der Waals surface area contributed by atoms with Crippen molar-refractivity contribution in [3.05, 3.63) is 57.3 Å². The first-order valence-corrected chi connectivity index (χ1v) is 10.2. The summed E-state index contributed by atoms with van der Waals surface area (Å²) in [6.45, 7) is 2.70. The lowest BCUT2D eigenvalue weighted by Crippen LogP contribution is -2.38. The molecule has 0 radical (unpaired) electrons. The summed E-state index contributed by atoms with van der Waals surface area (Å²) in [6, 6.07) is 4.96. The molecule has 30 heavy (non-hydrogen) atoms. The molecule has 3 nitrogen and oxygen atoms in total. The van der Waals surface area contributed by atoms with Gasteiger partial charge in [-0.05, 0) is 61.5 Å².